The Hall–Kier alpha value is -0.100. The summed E-state index contributed by atoms with van der Waals surface area (Å²) in [5, 5.41) is 11.5. The molecule has 0 aromatic carbocycles. The molecule has 0 aromatic rings. The largest absolute Gasteiger partial charge is 0.373 e. The van der Waals surface area contributed by atoms with Crippen molar-refractivity contribution in [3.8, 4) is 0 Å². The molecule has 2 saturated carbocycles. The second-order valence-electron chi connectivity index (χ2n) is 5.59. The molecule has 0 heterocycles. The number of nitrogens with one attached hydrogen (secondary N) is 2. The highest BCUT2D eigenvalue weighted by atomic mass is 31.1. The minimum atomic E-state index is -0.186. The standard InChI is InChI=1S/C14H27N2P/c1-16-14(15)17(12-8-4-2-5-9-12)13-10-6-3-7-11-13/h12-13H,2-11H2,1H3,(H2,15,16). The molecule has 0 aliphatic heterocycles. The van der Waals surface area contributed by atoms with E-state index in [0.717, 1.165) is 16.9 Å². The third-order valence-corrected chi connectivity index (χ3v) is 7.78. The molecule has 2 aliphatic rings. The Bertz CT molecular complexity index is 225. The molecule has 2 aliphatic carbocycles. The average molecular weight is 254 g/mol. The van der Waals surface area contributed by atoms with Crippen LogP contribution in [0.25, 0.3) is 0 Å². The summed E-state index contributed by atoms with van der Waals surface area (Å²) in [6, 6.07) is 0. The van der Waals surface area contributed by atoms with E-state index in [2.05, 4.69) is 5.32 Å². The van der Waals surface area contributed by atoms with E-state index in [0.29, 0.717) is 0 Å². The zero-order chi connectivity index (χ0) is 12.1. The van der Waals surface area contributed by atoms with Gasteiger partial charge in [0.2, 0.25) is 0 Å². The van der Waals surface area contributed by atoms with Crippen molar-refractivity contribution in [3.05, 3.63) is 0 Å². The molecule has 98 valence electrons. The molecular formula is C14H27N2P. The highest BCUT2D eigenvalue weighted by molar-refractivity contribution is 7.76. The number of hydrogen-bond acceptors (Lipinski definition) is 1. The van der Waals surface area contributed by atoms with Gasteiger partial charge in [-0.25, -0.2) is 0 Å². The fourth-order valence-corrected chi connectivity index (χ4v) is 6.94. The quantitative estimate of drug-likeness (QED) is 0.440. The van der Waals surface area contributed by atoms with Gasteiger partial charge in [-0.3, -0.25) is 5.41 Å². The molecule has 0 amide bonds. The van der Waals surface area contributed by atoms with Gasteiger partial charge in [0.1, 0.15) is 5.58 Å². The van der Waals surface area contributed by atoms with Gasteiger partial charge in [-0.15, -0.1) is 0 Å². The van der Waals surface area contributed by atoms with Crippen molar-refractivity contribution in [3.63, 3.8) is 0 Å². The van der Waals surface area contributed by atoms with Crippen LogP contribution in [0, 0.1) is 5.41 Å². The van der Waals surface area contributed by atoms with Crippen LogP contribution in [0.15, 0.2) is 0 Å². The Morgan fingerprint density at radius 2 is 1.29 bits per heavy atom. The molecule has 0 saturated heterocycles. The maximum atomic E-state index is 8.28. The van der Waals surface area contributed by atoms with E-state index in [1.807, 2.05) is 7.05 Å². The fourth-order valence-electron chi connectivity index (χ4n) is 3.51. The lowest BCUT2D eigenvalue weighted by Crippen LogP contribution is -2.29. The van der Waals surface area contributed by atoms with Gasteiger partial charge in [-0.1, -0.05) is 38.5 Å². The Morgan fingerprint density at radius 1 is 0.882 bits per heavy atom. The van der Waals surface area contributed by atoms with Gasteiger partial charge in [0, 0.05) is 7.05 Å². The molecule has 2 nitrogen and oxygen atoms in total. The first kappa shape index (κ1) is 13.3. The van der Waals surface area contributed by atoms with Crippen molar-refractivity contribution >= 4 is 13.5 Å². The lowest BCUT2D eigenvalue weighted by Gasteiger charge is -2.38. The monoisotopic (exact) mass is 254 g/mol. The number of rotatable bonds is 3. The van der Waals surface area contributed by atoms with Gasteiger partial charge in [-0.2, -0.15) is 0 Å². The van der Waals surface area contributed by atoms with Crippen LogP contribution in [0.5, 0.6) is 0 Å². The molecule has 2 N–H and O–H groups in total. The van der Waals surface area contributed by atoms with Gasteiger partial charge < -0.3 is 5.32 Å². The summed E-state index contributed by atoms with van der Waals surface area (Å²) in [5.41, 5.74) is 2.61. The van der Waals surface area contributed by atoms with Crippen LogP contribution in [0.2, 0.25) is 0 Å². The predicted octanol–water partition coefficient (Wildman–Crippen LogP) is 4.29. The second-order valence-corrected chi connectivity index (χ2v) is 8.31. The van der Waals surface area contributed by atoms with E-state index >= 15 is 0 Å². The molecule has 0 atom stereocenters. The lowest BCUT2D eigenvalue weighted by molar-refractivity contribution is 0.487. The van der Waals surface area contributed by atoms with Crippen LogP contribution in [0.1, 0.15) is 64.2 Å². The Labute approximate surface area is 107 Å². The summed E-state index contributed by atoms with van der Waals surface area (Å²) in [6.45, 7) is 0. The summed E-state index contributed by atoms with van der Waals surface area (Å²) in [7, 11) is 1.76. The third-order valence-electron chi connectivity index (χ3n) is 4.43. The summed E-state index contributed by atoms with van der Waals surface area (Å²) in [6.07, 6.45) is 14.1. The van der Waals surface area contributed by atoms with Gasteiger partial charge in [0.25, 0.3) is 0 Å². The molecule has 0 unspecified atom stereocenters. The van der Waals surface area contributed by atoms with Gasteiger partial charge >= 0.3 is 0 Å². The average Bonchev–Trinajstić information content (AvgIpc) is 2.41. The van der Waals surface area contributed by atoms with E-state index < -0.39 is 0 Å². The summed E-state index contributed by atoms with van der Waals surface area (Å²) >= 11 is 0. The first-order chi connectivity index (χ1) is 8.33. The van der Waals surface area contributed by atoms with E-state index in [1.54, 1.807) is 0 Å². The first-order valence-corrected chi connectivity index (χ1v) is 8.85. The van der Waals surface area contributed by atoms with Crippen LogP contribution >= 0.6 is 7.92 Å². The van der Waals surface area contributed by atoms with Crippen LogP contribution < -0.4 is 5.32 Å². The van der Waals surface area contributed by atoms with Gasteiger partial charge in [0.05, 0.1) is 0 Å². The van der Waals surface area contributed by atoms with Gasteiger partial charge in [0.15, 0.2) is 0 Å². The zero-order valence-electron chi connectivity index (χ0n) is 11.2. The predicted molar refractivity (Wildman–Crippen MR) is 77.5 cm³/mol. The normalized spacial score (nSPS) is 23.9. The molecule has 2 fully saturated rings. The minimum absolute atomic E-state index is 0.186. The Balaban J connectivity index is 2.02. The second kappa shape index (κ2) is 6.73. The maximum absolute atomic E-state index is 8.28. The van der Waals surface area contributed by atoms with Crippen molar-refractivity contribution < 1.29 is 0 Å². The lowest BCUT2D eigenvalue weighted by atomic mass is 9.99. The van der Waals surface area contributed by atoms with Crippen molar-refractivity contribution in [1.29, 1.82) is 5.41 Å². The van der Waals surface area contributed by atoms with Crippen molar-refractivity contribution in [2.45, 2.75) is 75.5 Å². The van der Waals surface area contributed by atoms with E-state index in [4.69, 9.17) is 5.41 Å². The van der Waals surface area contributed by atoms with Crippen molar-refractivity contribution in [1.82, 2.24) is 5.32 Å². The smallest absolute Gasteiger partial charge is 0.117 e. The Morgan fingerprint density at radius 3 is 1.65 bits per heavy atom. The van der Waals surface area contributed by atoms with E-state index in [1.165, 1.54) is 64.2 Å². The molecule has 0 aromatic heterocycles. The SMILES string of the molecule is CNC(=N)P(C1CCCCC1)C1CCCCC1. The molecule has 0 spiro atoms. The summed E-state index contributed by atoms with van der Waals surface area (Å²) < 4.78 is 0. The number of amidine groups is 1. The molecule has 0 bridgehead atoms. The summed E-state index contributed by atoms with van der Waals surface area (Å²) in [4.78, 5) is 0. The minimum Gasteiger partial charge on any atom is -0.373 e. The highest BCUT2D eigenvalue weighted by Gasteiger charge is 2.33. The topological polar surface area (TPSA) is 35.9 Å². The molecule has 17 heavy (non-hydrogen) atoms. The summed E-state index contributed by atoms with van der Waals surface area (Å²) in [5.74, 6) is 0. The van der Waals surface area contributed by atoms with E-state index in [9.17, 15) is 0 Å². The number of hydrogen-bond donors (Lipinski definition) is 2. The highest BCUT2D eigenvalue weighted by Crippen LogP contribution is 2.55. The first-order valence-electron chi connectivity index (χ1n) is 7.37. The van der Waals surface area contributed by atoms with Crippen molar-refractivity contribution in [2.75, 3.05) is 7.05 Å². The van der Waals surface area contributed by atoms with Crippen LogP contribution in [-0.2, 0) is 0 Å². The van der Waals surface area contributed by atoms with E-state index in [-0.39, 0.29) is 7.92 Å². The third kappa shape index (κ3) is 3.44. The van der Waals surface area contributed by atoms with Gasteiger partial charge in [-0.05, 0) is 44.9 Å². The zero-order valence-corrected chi connectivity index (χ0v) is 12.1. The Kier molecular flexibility index (Phi) is 5.28. The molecular weight excluding hydrogens is 227 g/mol. The van der Waals surface area contributed by atoms with Crippen LogP contribution in [0.3, 0.4) is 0 Å². The van der Waals surface area contributed by atoms with Crippen LogP contribution in [-0.4, -0.2) is 23.9 Å². The molecule has 2 rings (SSSR count). The van der Waals surface area contributed by atoms with Crippen molar-refractivity contribution in [2.24, 2.45) is 0 Å². The molecule has 3 heteroatoms. The van der Waals surface area contributed by atoms with Crippen LogP contribution in [0.4, 0.5) is 0 Å². The fraction of sp³-hybridized carbons (Fsp3) is 0.929. The molecule has 0 radical (unpaired) electrons. The maximum Gasteiger partial charge on any atom is 0.117 e.